The molecule has 1 aliphatic rings. The van der Waals surface area contributed by atoms with E-state index in [0.29, 0.717) is 6.42 Å². The van der Waals surface area contributed by atoms with Crippen LogP contribution in [0.2, 0.25) is 0 Å². The van der Waals surface area contributed by atoms with Gasteiger partial charge in [0.15, 0.2) is 6.29 Å². The van der Waals surface area contributed by atoms with E-state index in [1.807, 2.05) is 6.08 Å². The first kappa shape index (κ1) is 60.5. The molecule has 0 spiro atoms. The minimum atomic E-state index is -5.33. The van der Waals surface area contributed by atoms with Crippen LogP contribution in [-0.4, -0.2) is 95.4 Å². The Hall–Kier alpha value is -1.46. The fourth-order valence-electron chi connectivity index (χ4n) is 7.86. The van der Waals surface area contributed by atoms with Gasteiger partial charge in [-0.3, -0.25) is 8.98 Å². The zero-order valence-corrected chi connectivity index (χ0v) is 40.3. The number of nitrogens with one attached hydrogen (secondary N) is 1. The van der Waals surface area contributed by atoms with Crippen molar-refractivity contribution in [2.24, 2.45) is 0 Å². The molecule has 1 heterocycles. The van der Waals surface area contributed by atoms with Crippen molar-refractivity contribution in [2.45, 2.75) is 262 Å². The summed E-state index contributed by atoms with van der Waals surface area (Å²) < 4.78 is 49.3. The lowest BCUT2D eigenvalue weighted by atomic mass is 9.99. The average molecular weight is 907 g/mol. The van der Waals surface area contributed by atoms with Gasteiger partial charge in [0.2, 0.25) is 16.3 Å². The first-order valence-electron chi connectivity index (χ1n) is 24.7. The minimum absolute atomic E-state index is 0. The quantitative estimate of drug-likeness (QED) is 0.0146. The van der Waals surface area contributed by atoms with Crippen LogP contribution in [-0.2, 0) is 28.9 Å². The van der Waals surface area contributed by atoms with Crippen LogP contribution in [0.25, 0.3) is 0 Å². The van der Waals surface area contributed by atoms with E-state index >= 15 is 0 Å². The number of aliphatic hydroxyl groups is 4. The maximum absolute atomic E-state index is 13.0. The molecule has 0 unspecified atom stereocenters. The van der Waals surface area contributed by atoms with Crippen molar-refractivity contribution in [3.63, 3.8) is 0 Å². The predicted octanol–water partition coefficient (Wildman–Crippen LogP) is 10.1. The Morgan fingerprint density at radius 1 is 0.661 bits per heavy atom. The minimum Gasteiger partial charge on any atom is -0.726 e. The molecule has 0 aromatic rings. The summed E-state index contributed by atoms with van der Waals surface area (Å²) in [6.45, 7) is 3.35. The van der Waals surface area contributed by atoms with Crippen LogP contribution >= 0.6 is 0 Å². The number of unbranched alkanes of at least 4 members (excludes halogenated alkanes) is 28. The Kier molecular flexibility index (Phi) is 40.0. The third-order valence-corrected chi connectivity index (χ3v) is 12.2. The molecule has 7 atom stereocenters. The highest BCUT2D eigenvalue weighted by Gasteiger charge is 2.47. The first-order chi connectivity index (χ1) is 29.5. The van der Waals surface area contributed by atoms with Gasteiger partial charge in [0.1, 0.15) is 24.4 Å². The number of ether oxygens (including phenoxy) is 2. The van der Waals surface area contributed by atoms with Gasteiger partial charge < -0.3 is 45.9 Å². The van der Waals surface area contributed by atoms with Crippen LogP contribution in [0.4, 0.5) is 0 Å². The summed E-state index contributed by atoms with van der Waals surface area (Å²) in [5.74, 6) is -0.271. The number of carbonyl (C=O) groups excluding carboxylic acids is 1. The zero-order valence-electron chi connectivity index (χ0n) is 39.4. The van der Waals surface area contributed by atoms with Crippen LogP contribution in [0.5, 0.6) is 0 Å². The number of allylic oxidation sites excluding steroid dienone is 3. The molecule has 0 radical (unpaired) electrons. The molecule has 368 valence electrons. The van der Waals surface area contributed by atoms with Gasteiger partial charge in [-0.05, 0) is 44.9 Å². The molecule has 13 nitrogen and oxygen atoms in total. The number of amides is 1. The second-order valence-electron chi connectivity index (χ2n) is 17.4. The average Bonchev–Trinajstić information content (AvgIpc) is 3.23. The van der Waals surface area contributed by atoms with Crippen molar-refractivity contribution < 1.29 is 51.8 Å². The maximum atomic E-state index is 13.0. The van der Waals surface area contributed by atoms with Gasteiger partial charge in [-0.15, -0.1) is 0 Å². The standard InChI is InChI=1S/C48H91NO11S.H3N/c1-3-5-7-9-11-13-15-17-18-19-20-21-22-23-24-26-28-30-32-34-36-38-44(52)49-41(42(51)37-35-33-31-29-27-25-16-14-12-10-8-6-4-2)40-58-48-46(54)47(60-61(55,56)57)45(53)43(39-50)59-48;/h17-18,35,37,41-43,45-48,50-51,53-54H,3-16,19-34,36,38-40H2,1-2H3,(H,49,52)(H,55,56,57);1H3/b18-17-,37-35+;/t41-,42+,43+,45-,46+,47-,48-;/m0./s1. The first-order valence-corrected chi connectivity index (χ1v) is 26.0. The predicted molar refractivity (Wildman–Crippen MR) is 250 cm³/mol. The van der Waals surface area contributed by atoms with Gasteiger partial charge in [0, 0.05) is 6.42 Å². The van der Waals surface area contributed by atoms with Gasteiger partial charge in [-0.2, -0.15) is 0 Å². The van der Waals surface area contributed by atoms with Crippen LogP contribution in [0.15, 0.2) is 24.3 Å². The lowest BCUT2D eigenvalue weighted by molar-refractivity contribution is -0.298. The zero-order chi connectivity index (χ0) is 44.8. The highest BCUT2D eigenvalue weighted by Crippen LogP contribution is 2.26. The molecule has 0 bridgehead atoms. The lowest BCUT2D eigenvalue weighted by Crippen LogP contribution is -2.61. The number of hydrogen-bond acceptors (Lipinski definition) is 11. The number of rotatable bonds is 42. The molecule has 1 saturated heterocycles. The van der Waals surface area contributed by atoms with Gasteiger partial charge in [0.25, 0.3) is 0 Å². The van der Waals surface area contributed by atoms with E-state index in [-0.39, 0.29) is 25.1 Å². The normalized spacial score (nSPS) is 20.5. The maximum Gasteiger partial charge on any atom is 0.220 e. The van der Waals surface area contributed by atoms with Crippen molar-refractivity contribution in [1.82, 2.24) is 11.5 Å². The summed E-state index contributed by atoms with van der Waals surface area (Å²) in [6, 6.07) is -0.953. The molecule has 9 N–H and O–H groups in total. The SMILES string of the molecule is CCCCCCCC/C=C\CCCCCCCCCCCCCC(=O)N[C@@H](CO[C@H]1O[C@H](CO)[C@H](O)[C@H](OS(=O)(=O)[O-])[C@H]1O)[C@H](O)/C=C/CCCCCCCCCCCCC.[NH4+]. The van der Waals surface area contributed by atoms with Crippen molar-refractivity contribution in [3.8, 4) is 0 Å². The second kappa shape index (κ2) is 41.0. The molecule has 0 aromatic heterocycles. The molecule has 0 aliphatic carbocycles. The van der Waals surface area contributed by atoms with E-state index in [9.17, 15) is 38.2 Å². The molecule has 0 saturated carbocycles. The fraction of sp³-hybridized carbons (Fsp3) is 0.896. The Morgan fingerprint density at radius 3 is 1.48 bits per heavy atom. The van der Waals surface area contributed by atoms with E-state index in [2.05, 4.69) is 35.5 Å². The fourth-order valence-corrected chi connectivity index (χ4v) is 8.36. The molecule has 1 rings (SSSR count). The summed E-state index contributed by atoms with van der Waals surface area (Å²) >= 11 is 0. The van der Waals surface area contributed by atoms with Crippen molar-refractivity contribution >= 4 is 16.3 Å². The lowest BCUT2D eigenvalue weighted by Gasteiger charge is -2.42. The number of carbonyl (C=O) groups is 1. The molecule has 1 amide bonds. The third kappa shape index (κ3) is 33.1. The Labute approximate surface area is 378 Å². The molecule has 1 fully saturated rings. The second-order valence-corrected chi connectivity index (χ2v) is 18.4. The highest BCUT2D eigenvalue weighted by molar-refractivity contribution is 7.80. The highest BCUT2D eigenvalue weighted by atomic mass is 32.3. The molecule has 62 heavy (non-hydrogen) atoms. The van der Waals surface area contributed by atoms with Gasteiger partial charge >= 0.3 is 0 Å². The summed E-state index contributed by atoms with van der Waals surface area (Å²) in [4.78, 5) is 13.0. The molecule has 1 aliphatic heterocycles. The van der Waals surface area contributed by atoms with Gasteiger partial charge in [0.05, 0.1) is 25.4 Å². The number of hydrogen-bond donors (Lipinski definition) is 6. The van der Waals surface area contributed by atoms with Crippen LogP contribution in [0.3, 0.4) is 0 Å². The monoisotopic (exact) mass is 907 g/mol. The van der Waals surface area contributed by atoms with Gasteiger partial charge in [-0.1, -0.05) is 192 Å². The third-order valence-electron chi connectivity index (χ3n) is 11.7. The Balaban J connectivity index is 0.0000372. The molecular formula is C48H94N2O11S. The molecule has 0 aromatic carbocycles. The van der Waals surface area contributed by atoms with Crippen LogP contribution in [0.1, 0.15) is 219 Å². The van der Waals surface area contributed by atoms with E-state index in [4.69, 9.17) is 9.47 Å². The van der Waals surface area contributed by atoms with Crippen molar-refractivity contribution in [2.75, 3.05) is 13.2 Å². The van der Waals surface area contributed by atoms with Crippen molar-refractivity contribution in [1.29, 1.82) is 0 Å². The van der Waals surface area contributed by atoms with E-state index < -0.39 is 59.9 Å². The summed E-state index contributed by atoms with van der Waals surface area (Å²) in [5.41, 5.74) is 0. The number of aliphatic hydroxyl groups excluding tert-OH is 4. The Morgan fingerprint density at radius 2 is 1.06 bits per heavy atom. The largest absolute Gasteiger partial charge is 0.726 e. The van der Waals surface area contributed by atoms with E-state index in [1.165, 1.54) is 154 Å². The topological polar surface area (TPSA) is 231 Å². The number of quaternary nitrogens is 1. The molecule has 14 heteroatoms. The van der Waals surface area contributed by atoms with Crippen LogP contribution in [0, 0.1) is 0 Å². The Bertz CT molecular complexity index is 1190. The smallest absolute Gasteiger partial charge is 0.220 e. The van der Waals surface area contributed by atoms with Gasteiger partial charge in [-0.25, -0.2) is 8.42 Å². The van der Waals surface area contributed by atoms with E-state index in [0.717, 1.165) is 38.5 Å². The summed E-state index contributed by atoms with van der Waals surface area (Å²) in [6.07, 6.45) is 36.1. The van der Waals surface area contributed by atoms with Crippen LogP contribution < -0.4 is 11.5 Å². The summed E-state index contributed by atoms with van der Waals surface area (Å²) in [5, 5.41) is 44.6. The molecular weight excluding hydrogens is 813 g/mol. The van der Waals surface area contributed by atoms with E-state index in [1.54, 1.807) is 6.08 Å². The van der Waals surface area contributed by atoms with Crippen molar-refractivity contribution in [3.05, 3.63) is 24.3 Å². The summed E-state index contributed by atoms with van der Waals surface area (Å²) in [7, 11) is -5.33.